The molecule has 1 N–H and O–H groups in total. The number of sulfone groups is 1. The smallest absolute Gasteiger partial charge is 0.148 e. The number of hydrogen-bond acceptors (Lipinski definition) is 4. The van der Waals surface area contributed by atoms with Crippen LogP contribution in [-0.4, -0.2) is 52.5 Å². The minimum atomic E-state index is -2.90. The third-order valence-corrected chi connectivity index (χ3v) is 4.54. The highest BCUT2D eigenvalue weighted by Crippen LogP contribution is 2.24. The summed E-state index contributed by atoms with van der Waals surface area (Å²) in [5.74, 6) is 0.194. The highest BCUT2D eigenvalue weighted by atomic mass is 35.5. The molecule has 0 aromatic heterocycles. The van der Waals surface area contributed by atoms with Gasteiger partial charge in [-0.1, -0.05) is 29.8 Å². The lowest BCUT2D eigenvalue weighted by Crippen LogP contribution is -2.29. The second-order valence-corrected chi connectivity index (χ2v) is 7.75. The lowest BCUT2D eigenvalue weighted by molar-refractivity contribution is 0.326. The van der Waals surface area contributed by atoms with Gasteiger partial charge < -0.3 is 10.2 Å². The third kappa shape index (κ3) is 6.22. The van der Waals surface area contributed by atoms with Crippen LogP contribution in [0, 0.1) is 0 Å². The summed E-state index contributed by atoms with van der Waals surface area (Å²) in [5, 5.41) is 4.01. The molecule has 6 heteroatoms. The summed E-state index contributed by atoms with van der Waals surface area (Å²) >= 11 is 6.20. The summed E-state index contributed by atoms with van der Waals surface area (Å²) in [6, 6.07) is 7.95. The molecule has 0 heterocycles. The molecule has 20 heavy (non-hydrogen) atoms. The molecule has 114 valence electrons. The van der Waals surface area contributed by atoms with Gasteiger partial charge in [-0.3, -0.25) is 0 Å². The van der Waals surface area contributed by atoms with Crippen molar-refractivity contribution in [1.29, 1.82) is 0 Å². The molecular weight excluding hydrogens is 296 g/mol. The quantitative estimate of drug-likeness (QED) is 0.796. The van der Waals surface area contributed by atoms with Gasteiger partial charge in [-0.25, -0.2) is 8.42 Å². The first kappa shape index (κ1) is 17.4. The van der Waals surface area contributed by atoms with E-state index in [1.165, 1.54) is 6.26 Å². The van der Waals surface area contributed by atoms with E-state index in [-0.39, 0.29) is 11.8 Å². The molecule has 4 nitrogen and oxygen atoms in total. The van der Waals surface area contributed by atoms with Crippen LogP contribution in [0.3, 0.4) is 0 Å². The van der Waals surface area contributed by atoms with Crippen molar-refractivity contribution < 1.29 is 8.42 Å². The van der Waals surface area contributed by atoms with Crippen LogP contribution in [-0.2, 0) is 9.84 Å². The minimum Gasteiger partial charge on any atom is -0.313 e. The van der Waals surface area contributed by atoms with E-state index >= 15 is 0 Å². The summed E-state index contributed by atoms with van der Waals surface area (Å²) in [7, 11) is 0.942. The number of nitrogens with one attached hydrogen (secondary N) is 1. The average molecular weight is 319 g/mol. The Morgan fingerprint density at radius 3 is 2.50 bits per heavy atom. The predicted molar refractivity (Wildman–Crippen MR) is 85.1 cm³/mol. The van der Waals surface area contributed by atoms with Gasteiger partial charge in [0.15, 0.2) is 0 Å². The first-order valence-electron chi connectivity index (χ1n) is 6.61. The molecule has 1 unspecified atom stereocenters. The third-order valence-electron chi connectivity index (χ3n) is 3.27. The number of hydrogen-bond donors (Lipinski definition) is 1. The second kappa shape index (κ2) is 7.98. The Bertz CT molecular complexity index is 520. The normalized spacial score (nSPS) is 13.7. The number of nitrogens with zero attached hydrogens (tertiary/aromatic N) is 1. The zero-order chi connectivity index (χ0) is 15.2. The van der Waals surface area contributed by atoms with Crippen LogP contribution in [0.15, 0.2) is 24.3 Å². The molecule has 1 rings (SSSR count). The molecule has 0 saturated carbocycles. The second-order valence-electron chi connectivity index (χ2n) is 5.08. The number of halogens is 1. The number of rotatable bonds is 8. The zero-order valence-corrected chi connectivity index (χ0v) is 13.8. The minimum absolute atomic E-state index is 0.171. The van der Waals surface area contributed by atoms with Gasteiger partial charge in [0.25, 0.3) is 0 Å². The monoisotopic (exact) mass is 318 g/mol. The van der Waals surface area contributed by atoms with Crippen molar-refractivity contribution in [3.05, 3.63) is 34.9 Å². The Labute approximate surface area is 127 Å². The molecule has 1 aromatic rings. The molecule has 0 aliphatic heterocycles. The van der Waals surface area contributed by atoms with Crippen molar-refractivity contribution in [2.75, 3.05) is 39.2 Å². The Balaban J connectivity index is 2.52. The van der Waals surface area contributed by atoms with E-state index in [4.69, 9.17) is 11.6 Å². The fourth-order valence-electron chi connectivity index (χ4n) is 2.00. The lowest BCUT2D eigenvalue weighted by atomic mass is 10.0. The van der Waals surface area contributed by atoms with Gasteiger partial charge >= 0.3 is 0 Å². The van der Waals surface area contributed by atoms with Crippen LogP contribution in [0.25, 0.3) is 0 Å². The van der Waals surface area contributed by atoms with Crippen molar-refractivity contribution in [3.63, 3.8) is 0 Å². The first-order chi connectivity index (χ1) is 9.33. The standard InChI is InChI=1S/C14H23ClN2O2S/c1-16-14(12-6-4-5-7-13(12)15)8-9-17(2)10-11-20(3,18)19/h4-7,14,16H,8-11H2,1-3H3. The topological polar surface area (TPSA) is 49.4 Å². The van der Waals surface area contributed by atoms with Crippen molar-refractivity contribution in [2.45, 2.75) is 12.5 Å². The van der Waals surface area contributed by atoms with Gasteiger partial charge in [0.1, 0.15) is 9.84 Å². The highest BCUT2D eigenvalue weighted by molar-refractivity contribution is 7.90. The Hall–Kier alpha value is -0.620. The van der Waals surface area contributed by atoms with Crippen LogP contribution in [0.2, 0.25) is 5.02 Å². The molecule has 0 radical (unpaired) electrons. The van der Waals surface area contributed by atoms with Gasteiger partial charge in [-0.15, -0.1) is 0 Å². The van der Waals surface area contributed by atoms with E-state index < -0.39 is 9.84 Å². The zero-order valence-electron chi connectivity index (χ0n) is 12.3. The molecule has 0 aliphatic rings. The molecular formula is C14H23ClN2O2S. The molecule has 0 spiro atoms. The summed E-state index contributed by atoms with van der Waals surface area (Å²) in [5.41, 5.74) is 1.08. The Kier molecular flexibility index (Phi) is 6.95. The largest absolute Gasteiger partial charge is 0.313 e. The molecule has 0 saturated heterocycles. The van der Waals surface area contributed by atoms with E-state index in [1.807, 2.05) is 43.3 Å². The van der Waals surface area contributed by atoms with E-state index in [9.17, 15) is 8.42 Å². The first-order valence-corrected chi connectivity index (χ1v) is 9.05. The summed E-state index contributed by atoms with van der Waals surface area (Å²) < 4.78 is 22.3. The van der Waals surface area contributed by atoms with Crippen LogP contribution in [0.5, 0.6) is 0 Å². The van der Waals surface area contributed by atoms with Crippen LogP contribution < -0.4 is 5.32 Å². The van der Waals surface area contributed by atoms with Crippen molar-refractivity contribution >= 4 is 21.4 Å². The molecule has 0 aliphatic carbocycles. The number of benzene rings is 1. The van der Waals surface area contributed by atoms with E-state index in [1.54, 1.807) is 0 Å². The maximum atomic E-state index is 11.1. The van der Waals surface area contributed by atoms with Crippen LogP contribution in [0.1, 0.15) is 18.0 Å². The lowest BCUT2D eigenvalue weighted by Gasteiger charge is -2.22. The maximum absolute atomic E-state index is 11.1. The fraction of sp³-hybridized carbons (Fsp3) is 0.571. The van der Waals surface area contributed by atoms with Gasteiger partial charge in [0.2, 0.25) is 0 Å². The SMILES string of the molecule is CNC(CCN(C)CCS(C)(=O)=O)c1ccccc1Cl. The van der Waals surface area contributed by atoms with Gasteiger partial charge in [0, 0.05) is 23.9 Å². The van der Waals surface area contributed by atoms with Gasteiger partial charge in [-0.2, -0.15) is 0 Å². The highest BCUT2D eigenvalue weighted by Gasteiger charge is 2.13. The van der Waals surface area contributed by atoms with E-state index in [0.29, 0.717) is 6.54 Å². The van der Waals surface area contributed by atoms with Gasteiger partial charge in [-0.05, 0) is 38.7 Å². The van der Waals surface area contributed by atoms with Crippen LogP contribution in [0.4, 0.5) is 0 Å². The summed E-state index contributed by atoms with van der Waals surface area (Å²) in [6.07, 6.45) is 2.14. The van der Waals surface area contributed by atoms with Crippen molar-refractivity contribution in [2.24, 2.45) is 0 Å². The fourth-order valence-corrected chi connectivity index (χ4v) is 2.91. The van der Waals surface area contributed by atoms with Crippen molar-refractivity contribution in [3.8, 4) is 0 Å². The molecule has 0 bridgehead atoms. The molecule has 0 fully saturated rings. The Morgan fingerprint density at radius 1 is 1.30 bits per heavy atom. The average Bonchev–Trinajstić information content (AvgIpc) is 2.38. The van der Waals surface area contributed by atoms with E-state index in [2.05, 4.69) is 5.32 Å². The summed E-state index contributed by atoms with van der Waals surface area (Å²) in [4.78, 5) is 2.03. The van der Waals surface area contributed by atoms with Crippen LogP contribution >= 0.6 is 11.6 Å². The summed E-state index contributed by atoms with van der Waals surface area (Å²) in [6.45, 7) is 1.37. The van der Waals surface area contributed by atoms with E-state index in [0.717, 1.165) is 23.6 Å². The van der Waals surface area contributed by atoms with Crippen molar-refractivity contribution in [1.82, 2.24) is 10.2 Å². The predicted octanol–water partition coefficient (Wildman–Crippen LogP) is 1.97. The molecule has 0 amide bonds. The maximum Gasteiger partial charge on any atom is 0.148 e. The molecule has 1 atom stereocenters. The molecule has 1 aromatic carbocycles. The van der Waals surface area contributed by atoms with Gasteiger partial charge in [0.05, 0.1) is 5.75 Å². The Morgan fingerprint density at radius 2 is 1.95 bits per heavy atom.